The molecule has 0 saturated heterocycles. The molecule has 1 fully saturated rings. The smallest absolute Gasteiger partial charge is 0.258 e. The molecule has 3 rings (SSSR count). The Morgan fingerprint density at radius 3 is 2.84 bits per heavy atom. The van der Waals surface area contributed by atoms with Gasteiger partial charge in [-0.2, -0.15) is 0 Å². The summed E-state index contributed by atoms with van der Waals surface area (Å²) in [5.41, 5.74) is 2.61. The van der Waals surface area contributed by atoms with E-state index >= 15 is 0 Å². The fourth-order valence-electron chi connectivity index (χ4n) is 2.49. The quantitative estimate of drug-likeness (QED) is 0.849. The number of aryl methyl sites for hydroxylation is 2. The minimum atomic E-state index is 0.0619. The van der Waals surface area contributed by atoms with Crippen LogP contribution in [0, 0.1) is 13.8 Å². The number of hydrogen-bond acceptors (Lipinski definition) is 4. The fraction of sp³-hybridized carbons (Fsp3) is 0.500. The Morgan fingerprint density at radius 1 is 1.47 bits per heavy atom. The van der Waals surface area contributed by atoms with Crippen LogP contribution in [0.4, 0.5) is 0 Å². The molecule has 0 aromatic carbocycles. The maximum Gasteiger partial charge on any atom is 0.258 e. The summed E-state index contributed by atoms with van der Waals surface area (Å²) in [7, 11) is 0. The van der Waals surface area contributed by atoms with Gasteiger partial charge >= 0.3 is 0 Å². The summed E-state index contributed by atoms with van der Waals surface area (Å²) in [6, 6.07) is 2.24. The van der Waals surface area contributed by atoms with Crippen molar-refractivity contribution in [2.75, 3.05) is 6.54 Å². The zero-order valence-corrected chi connectivity index (χ0v) is 11.4. The monoisotopic (exact) mass is 259 g/mol. The van der Waals surface area contributed by atoms with Crippen molar-refractivity contribution in [3.05, 3.63) is 23.0 Å². The molecular formula is C14H17N3O2. The van der Waals surface area contributed by atoms with Crippen molar-refractivity contribution in [3.63, 3.8) is 0 Å². The molecule has 2 aromatic rings. The van der Waals surface area contributed by atoms with Gasteiger partial charge < -0.3 is 9.42 Å². The summed E-state index contributed by atoms with van der Waals surface area (Å²) in [6.45, 7) is 6.45. The molecule has 1 saturated carbocycles. The molecule has 0 atom stereocenters. The number of nitrogens with zero attached hydrogens (tertiary/aromatic N) is 3. The van der Waals surface area contributed by atoms with E-state index in [0.717, 1.165) is 36.2 Å². The van der Waals surface area contributed by atoms with Gasteiger partial charge in [0.05, 0.1) is 16.6 Å². The van der Waals surface area contributed by atoms with Gasteiger partial charge in [0, 0.05) is 18.3 Å². The summed E-state index contributed by atoms with van der Waals surface area (Å²) >= 11 is 0. The SMILES string of the molecule is CCN(C(=O)c1cc(C)nc2onc(C)c12)C1CC1. The number of rotatable bonds is 3. The first-order valence-electron chi connectivity index (χ1n) is 6.66. The molecule has 0 N–H and O–H groups in total. The predicted molar refractivity (Wildman–Crippen MR) is 71.0 cm³/mol. The zero-order valence-electron chi connectivity index (χ0n) is 11.4. The highest BCUT2D eigenvalue weighted by Gasteiger charge is 2.33. The minimum Gasteiger partial charge on any atom is -0.336 e. The molecule has 2 heterocycles. The van der Waals surface area contributed by atoms with E-state index in [-0.39, 0.29) is 5.91 Å². The Bertz CT molecular complexity index is 643. The molecule has 0 radical (unpaired) electrons. The number of amides is 1. The Labute approximate surface area is 111 Å². The van der Waals surface area contributed by atoms with Gasteiger partial charge in [-0.25, -0.2) is 4.98 Å². The lowest BCUT2D eigenvalue weighted by Crippen LogP contribution is -2.33. The number of pyridine rings is 1. The highest BCUT2D eigenvalue weighted by atomic mass is 16.5. The molecule has 0 unspecified atom stereocenters. The van der Waals surface area contributed by atoms with Crippen LogP contribution in [0.15, 0.2) is 10.6 Å². The van der Waals surface area contributed by atoms with Crippen molar-refractivity contribution in [3.8, 4) is 0 Å². The lowest BCUT2D eigenvalue weighted by Gasteiger charge is -2.20. The molecule has 5 heteroatoms. The van der Waals surface area contributed by atoms with Crippen molar-refractivity contribution in [2.24, 2.45) is 0 Å². The fourth-order valence-corrected chi connectivity index (χ4v) is 2.49. The van der Waals surface area contributed by atoms with E-state index in [9.17, 15) is 4.79 Å². The molecule has 0 bridgehead atoms. The molecule has 2 aromatic heterocycles. The number of hydrogen-bond donors (Lipinski definition) is 0. The third-order valence-corrected chi connectivity index (χ3v) is 3.56. The van der Waals surface area contributed by atoms with Gasteiger partial charge in [-0.05, 0) is 39.7 Å². The molecule has 100 valence electrons. The third-order valence-electron chi connectivity index (χ3n) is 3.56. The topological polar surface area (TPSA) is 59.2 Å². The summed E-state index contributed by atoms with van der Waals surface area (Å²) in [5.74, 6) is 0.0619. The van der Waals surface area contributed by atoms with Crippen molar-refractivity contribution >= 4 is 17.0 Å². The molecule has 0 aliphatic heterocycles. The minimum absolute atomic E-state index is 0.0619. The second kappa shape index (κ2) is 4.33. The Morgan fingerprint density at radius 2 is 2.21 bits per heavy atom. The zero-order chi connectivity index (χ0) is 13.6. The maximum atomic E-state index is 12.7. The van der Waals surface area contributed by atoms with E-state index in [1.54, 1.807) is 0 Å². The molecule has 1 aliphatic carbocycles. The van der Waals surface area contributed by atoms with E-state index < -0.39 is 0 Å². The van der Waals surface area contributed by atoms with Crippen LogP contribution in [0.1, 0.15) is 41.5 Å². The van der Waals surface area contributed by atoms with Crippen LogP contribution >= 0.6 is 0 Å². The first-order valence-corrected chi connectivity index (χ1v) is 6.66. The van der Waals surface area contributed by atoms with Gasteiger partial charge in [-0.1, -0.05) is 5.16 Å². The number of carbonyl (C=O) groups excluding carboxylic acids is 1. The second-order valence-corrected chi connectivity index (χ2v) is 5.08. The van der Waals surface area contributed by atoms with Crippen LogP contribution in [0.3, 0.4) is 0 Å². The summed E-state index contributed by atoms with van der Waals surface area (Å²) < 4.78 is 5.18. The van der Waals surface area contributed by atoms with E-state index in [2.05, 4.69) is 10.1 Å². The van der Waals surface area contributed by atoms with Gasteiger partial charge in [0.25, 0.3) is 11.6 Å². The molecule has 19 heavy (non-hydrogen) atoms. The van der Waals surface area contributed by atoms with E-state index in [0.29, 0.717) is 17.3 Å². The van der Waals surface area contributed by atoms with Crippen LogP contribution in [0.5, 0.6) is 0 Å². The molecule has 1 aliphatic rings. The van der Waals surface area contributed by atoms with Crippen molar-refractivity contribution in [2.45, 2.75) is 39.7 Å². The highest BCUT2D eigenvalue weighted by Crippen LogP contribution is 2.30. The van der Waals surface area contributed by atoms with E-state index in [4.69, 9.17) is 4.52 Å². The lowest BCUT2D eigenvalue weighted by molar-refractivity contribution is 0.0754. The van der Waals surface area contributed by atoms with Crippen LogP contribution < -0.4 is 0 Å². The van der Waals surface area contributed by atoms with Gasteiger partial charge in [0.1, 0.15) is 0 Å². The van der Waals surface area contributed by atoms with Gasteiger partial charge in [-0.15, -0.1) is 0 Å². The van der Waals surface area contributed by atoms with Crippen LogP contribution in [-0.2, 0) is 0 Å². The van der Waals surface area contributed by atoms with Gasteiger partial charge in [-0.3, -0.25) is 4.79 Å². The van der Waals surface area contributed by atoms with Crippen LogP contribution in [-0.4, -0.2) is 33.5 Å². The lowest BCUT2D eigenvalue weighted by atomic mass is 10.1. The summed E-state index contributed by atoms with van der Waals surface area (Å²) in [5, 5.41) is 4.66. The van der Waals surface area contributed by atoms with Crippen molar-refractivity contribution in [1.29, 1.82) is 0 Å². The van der Waals surface area contributed by atoms with Crippen LogP contribution in [0.25, 0.3) is 11.1 Å². The predicted octanol–water partition coefficient (Wildman–Crippen LogP) is 2.46. The molecule has 0 spiro atoms. The number of carbonyl (C=O) groups is 1. The molecular weight excluding hydrogens is 242 g/mol. The first kappa shape index (κ1) is 12.1. The normalized spacial score (nSPS) is 14.9. The Balaban J connectivity index is 2.12. The van der Waals surface area contributed by atoms with Gasteiger partial charge in [0.15, 0.2) is 0 Å². The third kappa shape index (κ3) is 1.99. The second-order valence-electron chi connectivity index (χ2n) is 5.08. The van der Waals surface area contributed by atoms with E-state index in [1.165, 1.54) is 0 Å². The van der Waals surface area contributed by atoms with Crippen molar-refractivity contribution < 1.29 is 9.32 Å². The standard InChI is InChI=1S/C14H17N3O2/c1-4-17(10-5-6-10)14(18)11-7-8(2)15-13-12(11)9(3)16-19-13/h7,10H,4-6H2,1-3H3. The number of fused-ring (bicyclic) bond motifs is 1. The summed E-state index contributed by atoms with van der Waals surface area (Å²) in [6.07, 6.45) is 2.21. The highest BCUT2D eigenvalue weighted by molar-refractivity contribution is 6.06. The van der Waals surface area contributed by atoms with Crippen LogP contribution in [0.2, 0.25) is 0 Å². The van der Waals surface area contributed by atoms with E-state index in [1.807, 2.05) is 31.7 Å². The summed E-state index contributed by atoms with van der Waals surface area (Å²) in [4.78, 5) is 18.9. The average molecular weight is 259 g/mol. The Kier molecular flexibility index (Phi) is 2.77. The van der Waals surface area contributed by atoms with Crippen molar-refractivity contribution in [1.82, 2.24) is 15.0 Å². The van der Waals surface area contributed by atoms with Gasteiger partial charge in [0.2, 0.25) is 0 Å². The average Bonchev–Trinajstić information content (AvgIpc) is 3.14. The first-order chi connectivity index (χ1) is 9.11. The largest absolute Gasteiger partial charge is 0.336 e. The molecule has 1 amide bonds. The Hall–Kier alpha value is -1.91. The number of aromatic nitrogens is 2. The maximum absolute atomic E-state index is 12.7. The molecule has 5 nitrogen and oxygen atoms in total.